The monoisotopic (exact) mass is 374 g/mol. The zero-order valence-electron chi connectivity index (χ0n) is 15.8. The molecule has 1 aromatic rings. The van der Waals surface area contributed by atoms with Gasteiger partial charge in [-0.25, -0.2) is 5.48 Å². The second kappa shape index (κ2) is 9.33. The number of carbonyl (C=O) groups is 2. The predicted molar refractivity (Wildman–Crippen MR) is 101 cm³/mol. The number of hydrogen-bond acceptors (Lipinski definition) is 5. The first kappa shape index (κ1) is 19.8. The van der Waals surface area contributed by atoms with Crippen LogP contribution >= 0.6 is 0 Å². The van der Waals surface area contributed by atoms with Crippen molar-refractivity contribution in [1.82, 2.24) is 10.8 Å². The quantitative estimate of drug-likeness (QED) is 0.370. The molecule has 0 heterocycles. The number of amides is 1. The van der Waals surface area contributed by atoms with E-state index in [0.29, 0.717) is 13.0 Å². The topological polar surface area (TPSA) is 87.7 Å². The number of hydrogen-bond donors (Lipinski definition) is 3. The van der Waals surface area contributed by atoms with Crippen molar-refractivity contribution in [1.29, 1.82) is 0 Å². The average Bonchev–Trinajstić information content (AvgIpc) is 3.38. The molecule has 6 heteroatoms. The summed E-state index contributed by atoms with van der Waals surface area (Å²) < 4.78 is 5.81. The van der Waals surface area contributed by atoms with Gasteiger partial charge in [-0.3, -0.25) is 20.1 Å². The van der Waals surface area contributed by atoms with Crippen LogP contribution in [-0.4, -0.2) is 28.7 Å². The Morgan fingerprint density at radius 2 is 1.67 bits per heavy atom. The molecule has 3 N–H and O–H groups in total. The summed E-state index contributed by atoms with van der Waals surface area (Å²) in [5.74, 6) is -0.455. The second-order valence-electron chi connectivity index (χ2n) is 7.81. The van der Waals surface area contributed by atoms with Crippen LogP contribution in [0, 0.1) is 0 Å². The number of carbonyl (C=O) groups excluding carboxylic acids is 2. The summed E-state index contributed by atoms with van der Waals surface area (Å²) in [7, 11) is 0. The first-order chi connectivity index (χ1) is 13.1. The zero-order chi connectivity index (χ0) is 19.1. The molecule has 0 spiro atoms. The Bertz CT molecular complexity index is 632. The molecule has 1 aromatic carbocycles. The summed E-state index contributed by atoms with van der Waals surface area (Å²) in [5.41, 5.74) is 3.25. The van der Waals surface area contributed by atoms with E-state index in [9.17, 15) is 9.59 Å². The van der Waals surface area contributed by atoms with E-state index in [0.717, 1.165) is 62.5 Å². The van der Waals surface area contributed by atoms with Crippen LogP contribution in [0.15, 0.2) is 24.3 Å². The van der Waals surface area contributed by atoms with E-state index in [1.54, 1.807) is 5.48 Å². The molecule has 0 radical (unpaired) electrons. The lowest BCUT2D eigenvalue weighted by molar-refractivity contribution is -0.157. The Morgan fingerprint density at radius 3 is 2.30 bits per heavy atom. The van der Waals surface area contributed by atoms with Gasteiger partial charge in [0.2, 0.25) is 5.91 Å². The largest absolute Gasteiger partial charge is 0.461 e. The normalized spacial score (nSPS) is 19.1. The predicted octanol–water partition coefficient (Wildman–Crippen LogP) is 3.01. The lowest BCUT2D eigenvalue weighted by Crippen LogP contribution is -2.51. The Labute approximate surface area is 160 Å². The number of ether oxygens (including phenoxy) is 1. The minimum absolute atomic E-state index is 0.0708. The second-order valence-corrected chi connectivity index (χ2v) is 7.81. The minimum Gasteiger partial charge on any atom is -0.461 e. The van der Waals surface area contributed by atoms with Crippen LogP contribution in [0.2, 0.25) is 0 Å². The smallest absolute Gasteiger partial charge is 0.326 e. The Kier molecular flexibility index (Phi) is 6.85. The number of rotatable bonds is 8. The van der Waals surface area contributed by atoms with Crippen LogP contribution < -0.4 is 10.8 Å². The molecule has 2 aliphatic rings. The highest BCUT2D eigenvalue weighted by Crippen LogP contribution is 2.33. The third kappa shape index (κ3) is 5.30. The molecule has 6 nitrogen and oxygen atoms in total. The molecule has 0 atom stereocenters. The first-order valence-electron chi connectivity index (χ1n) is 10.1. The number of nitrogens with one attached hydrogen (secondary N) is 2. The summed E-state index contributed by atoms with van der Waals surface area (Å²) in [5, 5.41) is 12.0. The van der Waals surface area contributed by atoms with Gasteiger partial charge in [0.1, 0.15) is 11.6 Å². The van der Waals surface area contributed by atoms with E-state index >= 15 is 0 Å². The number of benzene rings is 1. The highest BCUT2D eigenvalue weighted by Gasteiger charge is 2.43. The summed E-state index contributed by atoms with van der Waals surface area (Å²) in [6, 6.07) is 8.01. The molecule has 0 saturated heterocycles. The third-order valence-corrected chi connectivity index (χ3v) is 5.84. The van der Waals surface area contributed by atoms with Crippen LogP contribution in [0.4, 0.5) is 0 Å². The Hall–Kier alpha value is -1.92. The van der Waals surface area contributed by atoms with Gasteiger partial charge in [-0.05, 0) is 56.1 Å². The molecule has 2 aliphatic carbocycles. The van der Waals surface area contributed by atoms with Crippen molar-refractivity contribution in [2.45, 2.75) is 82.4 Å². The van der Waals surface area contributed by atoms with Crippen molar-refractivity contribution in [3.63, 3.8) is 0 Å². The van der Waals surface area contributed by atoms with E-state index < -0.39 is 5.54 Å². The molecule has 2 saturated carbocycles. The van der Waals surface area contributed by atoms with Crippen molar-refractivity contribution < 1.29 is 19.5 Å². The van der Waals surface area contributed by atoms with Gasteiger partial charge < -0.3 is 4.74 Å². The SMILES string of the molecule is O=C(CCc1ccc(CNC2(C(=O)OC3CCCC3)CCCC2)cc1)NO. The van der Waals surface area contributed by atoms with E-state index in [2.05, 4.69) is 5.32 Å². The van der Waals surface area contributed by atoms with Crippen molar-refractivity contribution in [2.24, 2.45) is 0 Å². The van der Waals surface area contributed by atoms with Crippen molar-refractivity contribution >= 4 is 11.9 Å². The van der Waals surface area contributed by atoms with Crippen LogP contribution in [-0.2, 0) is 27.3 Å². The summed E-state index contributed by atoms with van der Waals surface area (Å²) in [6.07, 6.45) is 9.04. The molecule has 3 rings (SSSR count). The van der Waals surface area contributed by atoms with Gasteiger partial charge in [-0.15, -0.1) is 0 Å². The maximum atomic E-state index is 12.8. The standard InChI is InChI=1S/C21H30N2O4/c24-19(23-26)12-11-16-7-9-17(10-8-16)15-22-21(13-3-4-14-21)20(25)27-18-5-1-2-6-18/h7-10,18,22,26H,1-6,11-15H2,(H,23,24). The first-order valence-corrected chi connectivity index (χ1v) is 10.1. The van der Waals surface area contributed by atoms with Crippen LogP contribution in [0.3, 0.4) is 0 Å². The molecule has 1 amide bonds. The molecule has 148 valence electrons. The van der Waals surface area contributed by atoms with Crippen LogP contribution in [0.25, 0.3) is 0 Å². The fourth-order valence-corrected chi connectivity index (χ4v) is 4.11. The molecule has 0 bridgehead atoms. The fourth-order valence-electron chi connectivity index (χ4n) is 4.11. The van der Waals surface area contributed by atoms with Gasteiger partial charge in [0.05, 0.1) is 0 Å². The molecule has 2 fully saturated rings. The third-order valence-electron chi connectivity index (χ3n) is 5.84. The molecular formula is C21H30N2O4. The highest BCUT2D eigenvalue weighted by atomic mass is 16.5. The van der Waals surface area contributed by atoms with E-state index in [-0.39, 0.29) is 24.4 Å². The van der Waals surface area contributed by atoms with Gasteiger partial charge >= 0.3 is 5.97 Å². The number of hydroxylamine groups is 1. The van der Waals surface area contributed by atoms with E-state index in [4.69, 9.17) is 9.94 Å². The van der Waals surface area contributed by atoms with Crippen LogP contribution in [0.1, 0.15) is 68.9 Å². The summed E-state index contributed by atoms with van der Waals surface area (Å²) in [4.78, 5) is 23.9. The Balaban J connectivity index is 1.54. The molecular weight excluding hydrogens is 344 g/mol. The molecule has 0 unspecified atom stereocenters. The molecule has 0 aliphatic heterocycles. The highest BCUT2D eigenvalue weighted by molar-refractivity contribution is 5.81. The zero-order valence-corrected chi connectivity index (χ0v) is 15.8. The van der Waals surface area contributed by atoms with E-state index in [1.165, 1.54) is 0 Å². The molecule has 27 heavy (non-hydrogen) atoms. The lowest BCUT2D eigenvalue weighted by atomic mass is 9.96. The average molecular weight is 374 g/mol. The maximum Gasteiger partial charge on any atom is 0.326 e. The van der Waals surface area contributed by atoms with Gasteiger partial charge in [-0.1, -0.05) is 37.1 Å². The summed E-state index contributed by atoms with van der Waals surface area (Å²) >= 11 is 0. The summed E-state index contributed by atoms with van der Waals surface area (Å²) in [6.45, 7) is 0.622. The van der Waals surface area contributed by atoms with Crippen molar-refractivity contribution in [2.75, 3.05) is 0 Å². The Morgan fingerprint density at radius 1 is 1.04 bits per heavy atom. The van der Waals surface area contributed by atoms with Gasteiger partial charge in [-0.2, -0.15) is 0 Å². The van der Waals surface area contributed by atoms with Gasteiger partial charge in [0.25, 0.3) is 0 Å². The molecule has 0 aromatic heterocycles. The number of esters is 1. The van der Waals surface area contributed by atoms with Gasteiger partial charge in [0.15, 0.2) is 0 Å². The lowest BCUT2D eigenvalue weighted by Gasteiger charge is -2.29. The van der Waals surface area contributed by atoms with Crippen LogP contribution in [0.5, 0.6) is 0 Å². The minimum atomic E-state index is -0.541. The van der Waals surface area contributed by atoms with Crippen molar-refractivity contribution in [3.05, 3.63) is 35.4 Å². The maximum absolute atomic E-state index is 12.8. The fraction of sp³-hybridized carbons (Fsp3) is 0.619. The van der Waals surface area contributed by atoms with Crippen molar-refractivity contribution in [3.8, 4) is 0 Å². The van der Waals surface area contributed by atoms with E-state index in [1.807, 2.05) is 24.3 Å². The van der Waals surface area contributed by atoms with Gasteiger partial charge in [0, 0.05) is 13.0 Å². The number of aryl methyl sites for hydroxylation is 1.